The van der Waals surface area contributed by atoms with E-state index in [2.05, 4.69) is 10.1 Å². The Morgan fingerprint density at radius 2 is 1.92 bits per heavy atom. The minimum atomic E-state index is -2.87. The minimum absolute atomic E-state index is 0.0570. The van der Waals surface area contributed by atoms with Gasteiger partial charge in [0, 0.05) is 25.3 Å². The fourth-order valence-electron chi connectivity index (χ4n) is 3.18. The van der Waals surface area contributed by atoms with Crippen LogP contribution < -0.4 is 15.0 Å². The van der Waals surface area contributed by atoms with Gasteiger partial charge in [-0.2, -0.15) is 8.78 Å². The number of halogens is 2. The molecular formula is C16H19F2N3O3. The molecule has 0 aliphatic carbocycles. The number of nitrogens with zero attached hydrogens (tertiary/aromatic N) is 2. The molecule has 2 aliphatic heterocycles. The number of piperidine rings is 1. The van der Waals surface area contributed by atoms with Crippen molar-refractivity contribution in [3.05, 3.63) is 24.3 Å². The first-order valence-electron chi connectivity index (χ1n) is 7.91. The first-order valence-corrected chi connectivity index (χ1v) is 7.91. The monoisotopic (exact) mass is 339 g/mol. The average Bonchev–Trinajstić information content (AvgIpc) is 2.55. The van der Waals surface area contributed by atoms with E-state index in [4.69, 9.17) is 0 Å². The molecule has 8 heteroatoms. The molecule has 1 unspecified atom stereocenters. The number of carbonyl (C=O) groups excluding carboxylic acids is 2. The maximum Gasteiger partial charge on any atom is 0.387 e. The zero-order valence-electron chi connectivity index (χ0n) is 13.1. The number of piperazine rings is 1. The van der Waals surface area contributed by atoms with Crippen LogP contribution in [0.25, 0.3) is 0 Å². The number of nitrogens with one attached hydrogen (secondary N) is 1. The van der Waals surface area contributed by atoms with E-state index in [9.17, 15) is 18.4 Å². The van der Waals surface area contributed by atoms with Crippen LogP contribution in [0, 0.1) is 0 Å². The fraction of sp³-hybridized carbons (Fsp3) is 0.500. The van der Waals surface area contributed by atoms with Crippen LogP contribution in [0.1, 0.15) is 12.8 Å². The largest absolute Gasteiger partial charge is 0.435 e. The third-order valence-corrected chi connectivity index (χ3v) is 4.29. The molecule has 0 saturated carbocycles. The molecule has 2 saturated heterocycles. The smallest absolute Gasteiger partial charge is 0.387 e. The standard InChI is InChI=1S/C16H19F2N3O3/c17-16(18)24-12-5-3-11(4-6-12)21-8-1-2-13(15(21)23)20-9-7-19-14(22)10-20/h3-6,13,16H,1-2,7-10H2,(H,19,22). The van der Waals surface area contributed by atoms with Crippen LogP contribution >= 0.6 is 0 Å². The van der Waals surface area contributed by atoms with E-state index in [0.717, 1.165) is 12.8 Å². The van der Waals surface area contributed by atoms with Crippen molar-refractivity contribution in [2.24, 2.45) is 0 Å². The molecule has 2 aliphatic rings. The Morgan fingerprint density at radius 1 is 1.17 bits per heavy atom. The van der Waals surface area contributed by atoms with Gasteiger partial charge in [-0.25, -0.2) is 0 Å². The van der Waals surface area contributed by atoms with Crippen LogP contribution in [0.4, 0.5) is 14.5 Å². The topological polar surface area (TPSA) is 61.9 Å². The molecule has 6 nitrogen and oxygen atoms in total. The highest BCUT2D eigenvalue weighted by atomic mass is 19.3. The van der Waals surface area contributed by atoms with E-state index in [-0.39, 0.29) is 30.2 Å². The number of anilines is 1. The second-order valence-corrected chi connectivity index (χ2v) is 5.84. The van der Waals surface area contributed by atoms with Crippen molar-refractivity contribution in [2.45, 2.75) is 25.5 Å². The highest BCUT2D eigenvalue weighted by molar-refractivity contribution is 5.98. The average molecular weight is 339 g/mol. The van der Waals surface area contributed by atoms with E-state index in [1.165, 1.54) is 12.1 Å². The maximum atomic E-state index is 12.8. The summed E-state index contributed by atoms with van der Waals surface area (Å²) in [4.78, 5) is 27.9. The summed E-state index contributed by atoms with van der Waals surface area (Å²) in [5, 5.41) is 2.75. The molecule has 0 bridgehead atoms. The fourth-order valence-corrected chi connectivity index (χ4v) is 3.18. The summed E-state index contributed by atoms with van der Waals surface area (Å²) in [6.45, 7) is -0.878. The zero-order valence-corrected chi connectivity index (χ0v) is 13.1. The minimum Gasteiger partial charge on any atom is -0.435 e. The third-order valence-electron chi connectivity index (χ3n) is 4.29. The molecule has 1 aromatic carbocycles. The summed E-state index contributed by atoms with van der Waals surface area (Å²) < 4.78 is 28.7. The lowest BCUT2D eigenvalue weighted by Gasteiger charge is -2.39. The van der Waals surface area contributed by atoms with E-state index in [1.807, 2.05) is 4.90 Å². The molecule has 0 radical (unpaired) electrons. The van der Waals surface area contributed by atoms with Gasteiger partial charge in [-0.15, -0.1) is 0 Å². The van der Waals surface area contributed by atoms with Crippen molar-refractivity contribution in [3.63, 3.8) is 0 Å². The van der Waals surface area contributed by atoms with Crippen LogP contribution in [0.3, 0.4) is 0 Å². The molecule has 3 rings (SSSR count). The van der Waals surface area contributed by atoms with Crippen molar-refractivity contribution in [3.8, 4) is 5.75 Å². The molecule has 0 spiro atoms. The Morgan fingerprint density at radius 3 is 2.58 bits per heavy atom. The number of hydrogen-bond acceptors (Lipinski definition) is 4. The van der Waals surface area contributed by atoms with Gasteiger partial charge < -0.3 is 15.0 Å². The number of benzene rings is 1. The molecule has 0 aromatic heterocycles. The number of rotatable bonds is 4. The molecule has 2 fully saturated rings. The Bertz CT molecular complexity index is 609. The van der Waals surface area contributed by atoms with Crippen LogP contribution in [-0.4, -0.2) is 55.5 Å². The van der Waals surface area contributed by atoms with Crippen molar-refractivity contribution in [2.75, 3.05) is 31.1 Å². The van der Waals surface area contributed by atoms with Crippen molar-refractivity contribution < 1.29 is 23.1 Å². The van der Waals surface area contributed by atoms with Gasteiger partial charge in [-0.1, -0.05) is 0 Å². The molecule has 1 atom stereocenters. The van der Waals surface area contributed by atoms with Gasteiger partial charge in [0.1, 0.15) is 5.75 Å². The Hall–Kier alpha value is -2.22. The van der Waals surface area contributed by atoms with Crippen molar-refractivity contribution in [1.82, 2.24) is 10.2 Å². The molecule has 2 heterocycles. The summed E-state index contributed by atoms with van der Waals surface area (Å²) in [6, 6.07) is 5.73. The van der Waals surface area contributed by atoms with Gasteiger partial charge in [-0.05, 0) is 37.1 Å². The Labute approximate surface area is 138 Å². The van der Waals surface area contributed by atoms with Crippen molar-refractivity contribution >= 4 is 17.5 Å². The van der Waals surface area contributed by atoms with E-state index >= 15 is 0 Å². The molecule has 1 N–H and O–H groups in total. The first kappa shape index (κ1) is 16.6. The van der Waals surface area contributed by atoms with Gasteiger partial charge in [0.2, 0.25) is 11.8 Å². The predicted molar refractivity (Wildman–Crippen MR) is 83.0 cm³/mol. The summed E-state index contributed by atoms with van der Waals surface area (Å²) in [5.41, 5.74) is 0.646. The molecule has 130 valence electrons. The summed E-state index contributed by atoms with van der Waals surface area (Å²) in [6.07, 6.45) is 1.54. The summed E-state index contributed by atoms with van der Waals surface area (Å²) >= 11 is 0. The summed E-state index contributed by atoms with van der Waals surface area (Å²) in [7, 11) is 0. The first-order chi connectivity index (χ1) is 11.5. The number of hydrogen-bond donors (Lipinski definition) is 1. The van der Waals surface area contributed by atoms with Crippen LogP contribution in [-0.2, 0) is 9.59 Å². The molecular weight excluding hydrogens is 320 g/mol. The third kappa shape index (κ3) is 3.64. The molecule has 2 amide bonds. The summed E-state index contributed by atoms with van der Waals surface area (Å²) in [5.74, 6) is -0.0689. The predicted octanol–water partition coefficient (Wildman–Crippen LogP) is 1.22. The van der Waals surface area contributed by atoms with Gasteiger partial charge in [0.25, 0.3) is 0 Å². The number of alkyl halides is 2. The highest BCUT2D eigenvalue weighted by Crippen LogP contribution is 2.26. The Balaban J connectivity index is 1.71. The number of ether oxygens (including phenoxy) is 1. The van der Waals surface area contributed by atoms with E-state index < -0.39 is 6.61 Å². The lowest BCUT2D eigenvalue weighted by molar-refractivity contribution is -0.130. The normalized spacial score (nSPS) is 22.6. The number of carbonyl (C=O) groups is 2. The van der Waals surface area contributed by atoms with Crippen molar-refractivity contribution in [1.29, 1.82) is 0 Å². The van der Waals surface area contributed by atoms with E-state index in [0.29, 0.717) is 25.3 Å². The SMILES string of the molecule is O=C1CN(C2CCCN(c3ccc(OC(F)F)cc3)C2=O)CCN1. The molecule has 1 aromatic rings. The van der Waals surface area contributed by atoms with Gasteiger partial charge in [-0.3, -0.25) is 14.5 Å². The van der Waals surface area contributed by atoms with Crippen LogP contribution in [0.15, 0.2) is 24.3 Å². The quantitative estimate of drug-likeness (QED) is 0.896. The molecule has 24 heavy (non-hydrogen) atoms. The second kappa shape index (κ2) is 7.12. The van der Waals surface area contributed by atoms with E-state index in [1.54, 1.807) is 17.0 Å². The maximum absolute atomic E-state index is 12.8. The highest BCUT2D eigenvalue weighted by Gasteiger charge is 2.35. The van der Waals surface area contributed by atoms with Gasteiger partial charge in [0.15, 0.2) is 0 Å². The lowest BCUT2D eigenvalue weighted by atomic mass is 10.0. The number of amides is 2. The second-order valence-electron chi connectivity index (χ2n) is 5.84. The Kier molecular flexibility index (Phi) is 4.94. The lowest BCUT2D eigenvalue weighted by Crippen LogP contribution is -2.58. The van der Waals surface area contributed by atoms with Gasteiger partial charge in [0.05, 0.1) is 12.6 Å². The van der Waals surface area contributed by atoms with Crippen LogP contribution in [0.2, 0.25) is 0 Å². The zero-order chi connectivity index (χ0) is 17.1. The van der Waals surface area contributed by atoms with Crippen LogP contribution in [0.5, 0.6) is 5.75 Å². The van der Waals surface area contributed by atoms with Gasteiger partial charge >= 0.3 is 6.61 Å².